The zero-order chi connectivity index (χ0) is 14.8. The summed E-state index contributed by atoms with van der Waals surface area (Å²) in [7, 11) is 1.67. The smallest absolute Gasteiger partial charge is 0.321 e. The first-order valence-electron chi connectivity index (χ1n) is 7.18. The summed E-state index contributed by atoms with van der Waals surface area (Å²) >= 11 is 0. The van der Waals surface area contributed by atoms with Crippen LogP contribution in [-0.2, 0) is 16.1 Å². The van der Waals surface area contributed by atoms with Crippen molar-refractivity contribution in [2.45, 2.75) is 25.0 Å². The molecule has 4 nitrogen and oxygen atoms in total. The van der Waals surface area contributed by atoms with Crippen LogP contribution in [0.2, 0.25) is 0 Å². The summed E-state index contributed by atoms with van der Waals surface area (Å²) in [6.45, 7) is 1.24. The Morgan fingerprint density at radius 2 is 2.14 bits per heavy atom. The predicted molar refractivity (Wildman–Crippen MR) is 81.4 cm³/mol. The minimum Gasteiger partial charge on any atom is -0.480 e. The molecule has 4 heteroatoms. The highest BCUT2D eigenvalue weighted by Crippen LogP contribution is 2.36. The van der Waals surface area contributed by atoms with E-state index in [1.165, 1.54) is 0 Å². The van der Waals surface area contributed by atoms with Gasteiger partial charge in [0.2, 0.25) is 0 Å². The van der Waals surface area contributed by atoms with Crippen LogP contribution in [-0.4, -0.2) is 30.8 Å². The Morgan fingerprint density at radius 3 is 2.90 bits per heavy atom. The third-order valence-electron chi connectivity index (χ3n) is 4.22. The van der Waals surface area contributed by atoms with Gasteiger partial charge < -0.3 is 15.2 Å². The maximum absolute atomic E-state index is 11.5. The number of hydrogen-bond donors (Lipinski definition) is 2. The van der Waals surface area contributed by atoms with Crippen molar-refractivity contribution >= 4 is 16.7 Å². The average molecular weight is 285 g/mol. The molecule has 0 amide bonds. The molecule has 0 unspecified atom stereocenters. The van der Waals surface area contributed by atoms with Gasteiger partial charge in [0, 0.05) is 13.0 Å². The molecule has 1 aliphatic heterocycles. The van der Waals surface area contributed by atoms with E-state index in [1.54, 1.807) is 7.11 Å². The molecule has 2 aromatic rings. The van der Waals surface area contributed by atoms with E-state index in [4.69, 9.17) is 4.74 Å². The largest absolute Gasteiger partial charge is 0.480 e. The SMILES string of the molecule is COCc1ccc2ccccc2c1[C@H]1CCN[C@H]1C(=O)O. The van der Waals surface area contributed by atoms with Gasteiger partial charge >= 0.3 is 5.97 Å². The second-order valence-corrected chi connectivity index (χ2v) is 5.46. The summed E-state index contributed by atoms with van der Waals surface area (Å²) in [6.07, 6.45) is 0.835. The lowest BCUT2D eigenvalue weighted by molar-refractivity contribution is -0.139. The van der Waals surface area contributed by atoms with Gasteiger partial charge in [-0.25, -0.2) is 0 Å². The number of aliphatic carboxylic acids is 1. The minimum absolute atomic E-state index is 0.0150. The molecule has 2 N–H and O–H groups in total. The van der Waals surface area contributed by atoms with Gasteiger partial charge in [0.15, 0.2) is 0 Å². The van der Waals surface area contributed by atoms with E-state index < -0.39 is 12.0 Å². The van der Waals surface area contributed by atoms with Crippen molar-refractivity contribution in [3.8, 4) is 0 Å². The lowest BCUT2D eigenvalue weighted by Crippen LogP contribution is -2.34. The number of carboxylic acid groups (broad SMARTS) is 1. The third kappa shape index (κ3) is 2.52. The summed E-state index contributed by atoms with van der Waals surface area (Å²) in [4.78, 5) is 11.5. The van der Waals surface area contributed by atoms with E-state index in [-0.39, 0.29) is 5.92 Å². The Bertz CT molecular complexity index is 668. The van der Waals surface area contributed by atoms with E-state index in [0.717, 1.165) is 34.9 Å². The fourth-order valence-corrected chi connectivity index (χ4v) is 3.33. The molecular weight excluding hydrogens is 266 g/mol. The standard InChI is InChI=1S/C17H19NO3/c1-21-10-12-7-6-11-4-2-3-5-13(11)15(12)14-8-9-18-16(14)17(19)20/h2-7,14,16,18H,8-10H2,1H3,(H,19,20)/t14-,16-/m1/s1. The van der Waals surface area contributed by atoms with E-state index in [9.17, 15) is 9.90 Å². The van der Waals surface area contributed by atoms with Gasteiger partial charge in [0.05, 0.1) is 6.61 Å². The number of benzene rings is 2. The normalized spacial score (nSPS) is 21.8. The first kappa shape index (κ1) is 14.0. The molecule has 0 aliphatic carbocycles. The summed E-state index contributed by atoms with van der Waals surface area (Å²) in [6, 6.07) is 11.7. The lowest BCUT2D eigenvalue weighted by Gasteiger charge is -2.21. The molecular formula is C17H19NO3. The zero-order valence-corrected chi connectivity index (χ0v) is 12.0. The van der Waals surface area contributed by atoms with Crippen molar-refractivity contribution in [3.05, 3.63) is 47.5 Å². The monoisotopic (exact) mass is 285 g/mol. The van der Waals surface area contributed by atoms with Gasteiger partial charge in [-0.15, -0.1) is 0 Å². The molecule has 0 spiro atoms. The van der Waals surface area contributed by atoms with Crippen molar-refractivity contribution < 1.29 is 14.6 Å². The van der Waals surface area contributed by atoms with Crippen LogP contribution < -0.4 is 5.32 Å². The van der Waals surface area contributed by atoms with Gasteiger partial charge in [-0.2, -0.15) is 0 Å². The van der Waals surface area contributed by atoms with E-state index in [2.05, 4.69) is 29.6 Å². The topological polar surface area (TPSA) is 58.6 Å². The van der Waals surface area contributed by atoms with Crippen molar-refractivity contribution in [3.63, 3.8) is 0 Å². The van der Waals surface area contributed by atoms with Crippen LogP contribution >= 0.6 is 0 Å². The molecule has 0 bridgehead atoms. The van der Waals surface area contributed by atoms with Crippen molar-refractivity contribution in [2.24, 2.45) is 0 Å². The number of carbonyl (C=O) groups is 1. The average Bonchev–Trinajstić information content (AvgIpc) is 2.96. The van der Waals surface area contributed by atoms with E-state index >= 15 is 0 Å². The fourth-order valence-electron chi connectivity index (χ4n) is 3.33. The Balaban J connectivity index is 2.18. The lowest BCUT2D eigenvalue weighted by atomic mass is 9.85. The maximum Gasteiger partial charge on any atom is 0.321 e. The summed E-state index contributed by atoms with van der Waals surface area (Å²) in [5.74, 6) is -0.799. The Kier molecular flexibility index (Phi) is 3.90. The number of ether oxygens (including phenoxy) is 1. The summed E-state index contributed by atoms with van der Waals surface area (Å²) < 4.78 is 5.30. The highest BCUT2D eigenvalue weighted by Gasteiger charge is 2.35. The molecule has 0 saturated carbocycles. The molecule has 2 atom stereocenters. The van der Waals surface area contributed by atoms with Crippen molar-refractivity contribution in [1.82, 2.24) is 5.32 Å². The zero-order valence-electron chi connectivity index (χ0n) is 12.0. The molecule has 1 saturated heterocycles. The molecule has 21 heavy (non-hydrogen) atoms. The number of hydrogen-bond acceptors (Lipinski definition) is 3. The highest BCUT2D eigenvalue weighted by atomic mass is 16.5. The van der Waals surface area contributed by atoms with Gasteiger partial charge in [-0.05, 0) is 34.9 Å². The number of fused-ring (bicyclic) bond motifs is 1. The van der Waals surface area contributed by atoms with Gasteiger partial charge in [-0.1, -0.05) is 36.4 Å². The summed E-state index contributed by atoms with van der Waals surface area (Å²) in [5.41, 5.74) is 2.20. The first-order chi connectivity index (χ1) is 10.2. The van der Waals surface area contributed by atoms with Crippen LogP contribution in [0.1, 0.15) is 23.5 Å². The van der Waals surface area contributed by atoms with Crippen LogP contribution in [0.15, 0.2) is 36.4 Å². The van der Waals surface area contributed by atoms with Crippen LogP contribution in [0.25, 0.3) is 10.8 Å². The Labute approximate surface area is 123 Å². The van der Waals surface area contributed by atoms with Crippen LogP contribution in [0, 0.1) is 0 Å². The van der Waals surface area contributed by atoms with Crippen molar-refractivity contribution in [2.75, 3.05) is 13.7 Å². The van der Waals surface area contributed by atoms with E-state index in [1.807, 2.05) is 12.1 Å². The first-order valence-corrected chi connectivity index (χ1v) is 7.18. The number of carboxylic acids is 1. The maximum atomic E-state index is 11.5. The number of methoxy groups -OCH3 is 1. The van der Waals surface area contributed by atoms with Crippen LogP contribution in [0.4, 0.5) is 0 Å². The number of nitrogens with one attached hydrogen (secondary N) is 1. The Morgan fingerprint density at radius 1 is 1.33 bits per heavy atom. The molecule has 1 fully saturated rings. The molecule has 0 aromatic heterocycles. The highest BCUT2D eigenvalue weighted by molar-refractivity contribution is 5.88. The second kappa shape index (κ2) is 5.84. The predicted octanol–water partition coefficient (Wildman–Crippen LogP) is 2.52. The Hall–Kier alpha value is -1.91. The van der Waals surface area contributed by atoms with Crippen molar-refractivity contribution in [1.29, 1.82) is 0 Å². The quantitative estimate of drug-likeness (QED) is 0.906. The minimum atomic E-state index is -0.784. The fraction of sp³-hybridized carbons (Fsp3) is 0.353. The van der Waals surface area contributed by atoms with Gasteiger partial charge in [0.25, 0.3) is 0 Å². The molecule has 110 valence electrons. The number of rotatable bonds is 4. The second-order valence-electron chi connectivity index (χ2n) is 5.46. The summed E-state index contributed by atoms with van der Waals surface area (Å²) in [5, 5.41) is 14.8. The molecule has 3 rings (SSSR count). The van der Waals surface area contributed by atoms with Gasteiger partial charge in [0.1, 0.15) is 6.04 Å². The van der Waals surface area contributed by atoms with Gasteiger partial charge in [-0.3, -0.25) is 4.79 Å². The third-order valence-corrected chi connectivity index (χ3v) is 4.22. The molecule has 1 heterocycles. The molecule has 0 radical (unpaired) electrons. The molecule has 2 aromatic carbocycles. The van der Waals surface area contributed by atoms with Crippen LogP contribution in [0.3, 0.4) is 0 Å². The van der Waals surface area contributed by atoms with E-state index in [0.29, 0.717) is 6.61 Å². The van der Waals surface area contributed by atoms with Crippen LogP contribution in [0.5, 0.6) is 0 Å². The molecule has 1 aliphatic rings.